The second-order valence-electron chi connectivity index (χ2n) is 3.09. The fourth-order valence-corrected chi connectivity index (χ4v) is 1.24. The molecule has 0 aromatic heterocycles. The highest BCUT2D eigenvalue weighted by Crippen LogP contribution is 2.36. The van der Waals surface area contributed by atoms with Crippen LogP contribution >= 0.6 is 0 Å². The maximum Gasteiger partial charge on any atom is 0.164 e. The van der Waals surface area contributed by atoms with Crippen molar-refractivity contribution in [1.82, 2.24) is 0 Å². The average molecular weight is 227 g/mol. The molecule has 0 radical (unpaired) electrons. The fraction of sp³-hybridized carbons (Fsp3) is 0.455. The second-order valence-corrected chi connectivity index (χ2v) is 3.09. The monoisotopic (exact) mass is 227 g/mol. The number of benzene rings is 1. The SMILES string of the molecule is COCCOc1cc(OC)c(OC)cc1N. The van der Waals surface area contributed by atoms with E-state index in [1.807, 2.05) is 0 Å². The lowest BCUT2D eigenvalue weighted by Crippen LogP contribution is -2.06. The molecule has 5 heteroatoms. The van der Waals surface area contributed by atoms with Crippen LogP contribution in [0.15, 0.2) is 12.1 Å². The first-order valence-electron chi connectivity index (χ1n) is 4.86. The van der Waals surface area contributed by atoms with Crippen LogP contribution in [-0.2, 0) is 4.74 Å². The Morgan fingerprint density at radius 1 is 0.938 bits per heavy atom. The quantitative estimate of drug-likeness (QED) is 0.586. The molecule has 0 aliphatic carbocycles. The zero-order chi connectivity index (χ0) is 12.0. The fourth-order valence-electron chi connectivity index (χ4n) is 1.24. The molecule has 0 aliphatic heterocycles. The number of nitrogen functional groups attached to an aromatic ring is 1. The first kappa shape index (κ1) is 12.4. The van der Waals surface area contributed by atoms with E-state index in [2.05, 4.69) is 0 Å². The molecule has 1 aromatic rings. The van der Waals surface area contributed by atoms with Crippen molar-refractivity contribution in [2.45, 2.75) is 0 Å². The van der Waals surface area contributed by atoms with Crippen molar-refractivity contribution < 1.29 is 18.9 Å². The Bertz CT molecular complexity index is 341. The molecule has 0 atom stereocenters. The molecule has 0 heterocycles. The third-order valence-corrected chi connectivity index (χ3v) is 2.06. The zero-order valence-electron chi connectivity index (χ0n) is 9.78. The molecule has 16 heavy (non-hydrogen) atoms. The molecule has 0 aliphatic rings. The van der Waals surface area contributed by atoms with Gasteiger partial charge in [0, 0.05) is 19.2 Å². The Kier molecular flexibility index (Phi) is 4.72. The Morgan fingerprint density at radius 3 is 2.12 bits per heavy atom. The van der Waals surface area contributed by atoms with Gasteiger partial charge in [-0.1, -0.05) is 0 Å². The van der Waals surface area contributed by atoms with Crippen molar-refractivity contribution in [1.29, 1.82) is 0 Å². The van der Waals surface area contributed by atoms with Crippen LogP contribution < -0.4 is 19.9 Å². The summed E-state index contributed by atoms with van der Waals surface area (Å²) in [7, 11) is 4.73. The molecule has 0 amide bonds. The maximum absolute atomic E-state index is 5.80. The van der Waals surface area contributed by atoms with E-state index in [4.69, 9.17) is 24.7 Å². The van der Waals surface area contributed by atoms with Crippen molar-refractivity contribution in [3.8, 4) is 17.2 Å². The van der Waals surface area contributed by atoms with Crippen LogP contribution in [0.2, 0.25) is 0 Å². The van der Waals surface area contributed by atoms with Gasteiger partial charge in [-0.2, -0.15) is 0 Å². The minimum Gasteiger partial charge on any atom is -0.493 e. The Balaban J connectivity index is 2.84. The first-order chi connectivity index (χ1) is 7.72. The van der Waals surface area contributed by atoms with Gasteiger partial charge < -0.3 is 24.7 Å². The van der Waals surface area contributed by atoms with Crippen LogP contribution in [0, 0.1) is 0 Å². The number of ether oxygens (including phenoxy) is 4. The topological polar surface area (TPSA) is 62.9 Å². The van der Waals surface area contributed by atoms with E-state index in [1.54, 1.807) is 33.5 Å². The zero-order valence-corrected chi connectivity index (χ0v) is 9.78. The molecule has 0 fully saturated rings. The molecular formula is C11H17NO4. The van der Waals surface area contributed by atoms with E-state index in [0.717, 1.165) is 0 Å². The van der Waals surface area contributed by atoms with Crippen molar-refractivity contribution in [2.24, 2.45) is 0 Å². The van der Waals surface area contributed by atoms with Gasteiger partial charge in [-0.15, -0.1) is 0 Å². The van der Waals surface area contributed by atoms with Gasteiger partial charge >= 0.3 is 0 Å². The van der Waals surface area contributed by atoms with Crippen LogP contribution in [0.5, 0.6) is 17.2 Å². The Morgan fingerprint density at radius 2 is 1.56 bits per heavy atom. The summed E-state index contributed by atoms with van der Waals surface area (Å²) in [5.41, 5.74) is 6.31. The number of rotatable bonds is 6. The van der Waals surface area contributed by atoms with Crippen LogP contribution in [0.1, 0.15) is 0 Å². The third-order valence-electron chi connectivity index (χ3n) is 2.06. The van der Waals surface area contributed by atoms with E-state index in [9.17, 15) is 0 Å². The highest BCUT2D eigenvalue weighted by atomic mass is 16.5. The Labute approximate surface area is 95.1 Å². The molecule has 0 unspecified atom stereocenters. The summed E-state index contributed by atoms with van der Waals surface area (Å²) >= 11 is 0. The van der Waals surface area contributed by atoms with Crippen molar-refractivity contribution in [3.05, 3.63) is 12.1 Å². The summed E-state index contributed by atoms with van der Waals surface area (Å²) in [6.07, 6.45) is 0. The largest absolute Gasteiger partial charge is 0.493 e. The molecule has 0 saturated heterocycles. The van der Waals surface area contributed by atoms with E-state index < -0.39 is 0 Å². The molecule has 1 rings (SSSR count). The predicted molar refractivity (Wildman–Crippen MR) is 61.3 cm³/mol. The van der Waals surface area contributed by atoms with Crippen molar-refractivity contribution in [3.63, 3.8) is 0 Å². The van der Waals surface area contributed by atoms with Crippen molar-refractivity contribution >= 4 is 5.69 Å². The van der Waals surface area contributed by atoms with E-state index in [1.165, 1.54) is 0 Å². The lowest BCUT2D eigenvalue weighted by molar-refractivity contribution is 0.146. The van der Waals surface area contributed by atoms with Gasteiger partial charge in [0.15, 0.2) is 11.5 Å². The number of hydrogen-bond acceptors (Lipinski definition) is 5. The van der Waals surface area contributed by atoms with Crippen molar-refractivity contribution in [2.75, 3.05) is 40.3 Å². The highest BCUT2D eigenvalue weighted by Gasteiger charge is 2.09. The molecule has 1 aromatic carbocycles. The lowest BCUT2D eigenvalue weighted by atomic mass is 10.2. The molecule has 0 bridgehead atoms. The van der Waals surface area contributed by atoms with Crippen LogP contribution in [0.3, 0.4) is 0 Å². The first-order valence-corrected chi connectivity index (χ1v) is 4.86. The number of methoxy groups -OCH3 is 3. The van der Waals surface area contributed by atoms with E-state index in [0.29, 0.717) is 36.1 Å². The molecule has 90 valence electrons. The third kappa shape index (κ3) is 2.93. The molecule has 2 N–H and O–H groups in total. The molecule has 5 nitrogen and oxygen atoms in total. The summed E-state index contributed by atoms with van der Waals surface area (Å²) in [5, 5.41) is 0. The molecule has 0 spiro atoms. The van der Waals surface area contributed by atoms with E-state index in [-0.39, 0.29) is 0 Å². The van der Waals surface area contributed by atoms with Crippen LogP contribution in [0.4, 0.5) is 5.69 Å². The van der Waals surface area contributed by atoms with E-state index >= 15 is 0 Å². The second kappa shape index (κ2) is 6.07. The summed E-state index contributed by atoms with van der Waals surface area (Å²) in [5.74, 6) is 1.73. The van der Waals surface area contributed by atoms with Crippen LogP contribution in [0.25, 0.3) is 0 Å². The van der Waals surface area contributed by atoms with Gasteiger partial charge in [-0.05, 0) is 0 Å². The maximum atomic E-state index is 5.80. The summed E-state index contributed by atoms with van der Waals surface area (Å²) in [6.45, 7) is 0.948. The summed E-state index contributed by atoms with van der Waals surface area (Å²) in [4.78, 5) is 0. The molecule has 0 saturated carbocycles. The standard InChI is InChI=1S/C11H17NO4/c1-13-4-5-16-9-7-11(15-3)10(14-2)6-8(9)12/h6-7H,4-5,12H2,1-3H3. The highest BCUT2D eigenvalue weighted by molar-refractivity contribution is 5.61. The molecular weight excluding hydrogens is 210 g/mol. The van der Waals surface area contributed by atoms with Gasteiger partial charge in [0.05, 0.1) is 26.5 Å². The minimum absolute atomic E-state index is 0.441. The normalized spacial score (nSPS) is 9.94. The summed E-state index contributed by atoms with van der Waals surface area (Å²) < 4.78 is 20.6. The number of anilines is 1. The number of hydrogen-bond donors (Lipinski definition) is 1. The average Bonchev–Trinajstić information content (AvgIpc) is 2.31. The van der Waals surface area contributed by atoms with Gasteiger partial charge in [-0.3, -0.25) is 0 Å². The smallest absolute Gasteiger partial charge is 0.164 e. The van der Waals surface area contributed by atoms with Crippen LogP contribution in [-0.4, -0.2) is 34.5 Å². The minimum atomic E-state index is 0.441. The summed E-state index contributed by atoms with van der Waals surface area (Å²) in [6, 6.07) is 3.37. The number of nitrogens with two attached hydrogens (primary N) is 1. The van der Waals surface area contributed by atoms with Gasteiger partial charge in [0.25, 0.3) is 0 Å². The lowest BCUT2D eigenvalue weighted by Gasteiger charge is -2.13. The van der Waals surface area contributed by atoms with Gasteiger partial charge in [0.2, 0.25) is 0 Å². The Hall–Kier alpha value is -1.62. The van der Waals surface area contributed by atoms with Gasteiger partial charge in [0.1, 0.15) is 12.4 Å². The van der Waals surface area contributed by atoms with Gasteiger partial charge in [-0.25, -0.2) is 0 Å². The predicted octanol–water partition coefficient (Wildman–Crippen LogP) is 1.31.